The molecule has 0 spiro atoms. The fourth-order valence-corrected chi connectivity index (χ4v) is 5.38. The maximum absolute atomic E-state index is 14.2. The highest BCUT2D eigenvalue weighted by molar-refractivity contribution is 7.92. The number of unbranched alkanes of at least 4 members (excludes halogenated alkanes) is 1. The van der Waals surface area contributed by atoms with E-state index in [1.54, 1.807) is 12.1 Å². The Morgan fingerprint density at radius 2 is 1.62 bits per heavy atom. The van der Waals surface area contributed by atoms with E-state index in [-0.39, 0.29) is 30.3 Å². The Morgan fingerprint density at radius 1 is 0.929 bits per heavy atom. The van der Waals surface area contributed by atoms with Crippen LogP contribution < -0.4 is 19.1 Å². The molecule has 3 aromatic carbocycles. The van der Waals surface area contributed by atoms with E-state index in [1.807, 2.05) is 68.4 Å². The molecule has 0 bridgehead atoms. The monoisotopic (exact) mass is 595 g/mol. The van der Waals surface area contributed by atoms with Crippen molar-refractivity contribution in [3.63, 3.8) is 0 Å². The number of hydrogen-bond donors (Lipinski definition) is 1. The van der Waals surface area contributed by atoms with Gasteiger partial charge in [0.25, 0.3) is 0 Å². The highest BCUT2D eigenvalue weighted by Gasteiger charge is 2.33. The SMILES string of the molecule is CCCCNC(=O)[C@@H](Cc1ccccc1)N(Cc1ccc(C)cc1)C(=O)CN(c1cc(OC)ccc1OC)S(C)(=O)=O. The first-order valence-electron chi connectivity index (χ1n) is 13.9. The Bertz CT molecular complexity index is 1430. The first kappa shape index (κ1) is 32.5. The number of ether oxygens (including phenoxy) is 2. The van der Waals surface area contributed by atoms with Crippen molar-refractivity contribution in [2.24, 2.45) is 0 Å². The molecule has 3 aromatic rings. The van der Waals surface area contributed by atoms with E-state index in [1.165, 1.54) is 25.2 Å². The molecule has 0 aliphatic rings. The third-order valence-electron chi connectivity index (χ3n) is 6.91. The van der Waals surface area contributed by atoms with Gasteiger partial charge >= 0.3 is 0 Å². The normalized spacial score (nSPS) is 11.8. The zero-order chi connectivity index (χ0) is 30.7. The average Bonchev–Trinajstić information content (AvgIpc) is 2.98. The summed E-state index contributed by atoms with van der Waals surface area (Å²) in [6.07, 6.45) is 2.99. The third-order valence-corrected chi connectivity index (χ3v) is 8.03. The van der Waals surface area contributed by atoms with Crippen molar-refractivity contribution in [3.8, 4) is 11.5 Å². The molecule has 3 rings (SSSR count). The quantitative estimate of drug-likeness (QED) is 0.262. The molecule has 226 valence electrons. The van der Waals surface area contributed by atoms with Gasteiger partial charge in [0.1, 0.15) is 24.1 Å². The molecule has 1 N–H and O–H groups in total. The highest BCUT2D eigenvalue weighted by Crippen LogP contribution is 2.34. The second kappa shape index (κ2) is 15.3. The minimum atomic E-state index is -3.96. The Labute approximate surface area is 249 Å². The van der Waals surface area contributed by atoms with Crippen LogP contribution in [0.25, 0.3) is 0 Å². The molecule has 0 radical (unpaired) electrons. The van der Waals surface area contributed by atoms with E-state index in [0.717, 1.165) is 40.1 Å². The molecule has 0 heterocycles. The number of aryl methyl sites for hydroxylation is 1. The van der Waals surface area contributed by atoms with Crippen LogP contribution >= 0.6 is 0 Å². The standard InChI is InChI=1S/C32H41N3O6S/c1-6-7-19-33-32(37)29(20-25-11-9-8-10-12-25)34(22-26-15-13-24(2)14-16-26)31(36)23-35(42(5,38)39)28-21-27(40-3)17-18-30(28)41-4/h8-18,21,29H,6-7,19-20,22-23H2,1-5H3,(H,33,37)/t29-/m1/s1. The van der Waals surface area contributed by atoms with Gasteiger partial charge < -0.3 is 19.7 Å². The molecule has 0 fully saturated rings. The molecule has 0 saturated heterocycles. The van der Waals surface area contributed by atoms with E-state index in [0.29, 0.717) is 12.3 Å². The van der Waals surface area contributed by atoms with Crippen LogP contribution in [0.1, 0.15) is 36.5 Å². The molecule has 0 saturated carbocycles. The van der Waals surface area contributed by atoms with Crippen LogP contribution in [0, 0.1) is 6.92 Å². The van der Waals surface area contributed by atoms with Crippen molar-refractivity contribution in [1.82, 2.24) is 10.2 Å². The van der Waals surface area contributed by atoms with Gasteiger partial charge in [0.2, 0.25) is 21.8 Å². The summed E-state index contributed by atoms with van der Waals surface area (Å²) in [5.41, 5.74) is 2.92. The summed E-state index contributed by atoms with van der Waals surface area (Å²) < 4.78 is 38.0. The molecule has 10 heteroatoms. The lowest BCUT2D eigenvalue weighted by Crippen LogP contribution is -2.53. The molecule has 42 heavy (non-hydrogen) atoms. The summed E-state index contributed by atoms with van der Waals surface area (Å²) in [5, 5.41) is 2.98. The van der Waals surface area contributed by atoms with Crippen molar-refractivity contribution >= 4 is 27.5 Å². The summed E-state index contributed by atoms with van der Waals surface area (Å²) in [5.74, 6) is -0.159. The van der Waals surface area contributed by atoms with Gasteiger partial charge in [-0.25, -0.2) is 8.42 Å². The third kappa shape index (κ3) is 8.97. The first-order valence-corrected chi connectivity index (χ1v) is 15.8. The number of anilines is 1. The molecule has 0 aromatic heterocycles. The lowest BCUT2D eigenvalue weighted by atomic mass is 10.0. The van der Waals surface area contributed by atoms with Crippen LogP contribution in [0.4, 0.5) is 5.69 Å². The predicted octanol–water partition coefficient (Wildman–Crippen LogP) is 4.33. The van der Waals surface area contributed by atoms with Gasteiger partial charge in [0.05, 0.1) is 26.2 Å². The molecule has 9 nitrogen and oxygen atoms in total. The van der Waals surface area contributed by atoms with Crippen molar-refractivity contribution in [2.75, 3.05) is 37.9 Å². The zero-order valence-electron chi connectivity index (χ0n) is 25.0. The summed E-state index contributed by atoms with van der Waals surface area (Å²) >= 11 is 0. The van der Waals surface area contributed by atoms with Gasteiger partial charge in [-0.3, -0.25) is 13.9 Å². The molecular weight excluding hydrogens is 554 g/mol. The van der Waals surface area contributed by atoms with Gasteiger partial charge in [0, 0.05) is 25.6 Å². The first-order chi connectivity index (χ1) is 20.1. The number of amides is 2. The maximum atomic E-state index is 14.2. The number of hydrogen-bond acceptors (Lipinski definition) is 6. The van der Waals surface area contributed by atoms with Crippen LogP contribution in [-0.4, -0.2) is 64.7 Å². The Kier molecular flexibility index (Phi) is 11.8. The summed E-state index contributed by atoms with van der Waals surface area (Å²) in [6, 6.07) is 21.0. The summed E-state index contributed by atoms with van der Waals surface area (Å²) in [6.45, 7) is 4.06. The van der Waals surface area contributed by atoms with Crippen LogP contribution in [0.5, 0.6) is 11.5 Å². The van der Waals surface area contributed by atoms with E-state index >= 15 is 0 Å². The number of rotatable bonds is 15. The van der Waals surface area contributed by atoms with Gasteiger partial charge in [-0.2, -0.15) is 0 Å². The van der Waals surface area contributed by atoms with E-state index in [9.17, 15) is 18.0 Å². The van der Waals surface area contributed by atoms with Crippen molar-refractivity contribution in [3.05, 3.63) is 89.5 Å². The number of carbonyl (C=O) groups excluding carboxylic acids is 2. The van der Waals surface area contributed by atoms with E-state index < -0.39 is 28.5 Å². The highest BCUT2D eigenvalue weighted by atomic mass is 32.2. The molecule has 0 aliphatic carbocycles. The number of sulfonamides is 1. The van der Waals surface area contributed by atoms with Gasteiger partial charge in [0.15, 0.2) is 0 Å². The van der Waals surface area contributed by atoms with Crippen molar-refractivity contribution in [2.45, 2.75) is 45.7 Å². The number of benzene rings is 3. The van der Waals surface area contributed by atoms with E-state index in [4.69, 9.17) is 9.47 Å². The van der Waals surface area contributed by atoms with Crippen molar-refractivity contribution in [1.29, 1.82) is 0 Å². The maximum Gasteiger partial charge on any atom is 0.244 e. The largest absolute Gasteiger partial charge is 0.497 e. The van der Waals surface area contributed by atoms with Gasteiger partial charge in [-0.05, 0) is 36.6 Å². The number of carbonyl (C=O) groups is 2. The minimum Gasteiger partial charge on any atom is -0.497 e. The second-order valence-corrected chi connectivity index (χ2v) is 12.1. The topological polar surface area (TPSA) is 105 Å². The number of nitrogens with one attached hydrogen (secondary N) is 1. The lowest BCUT2D eigenvalue weighted by molar-refractivity contribution is -0.140. The fraction of sp³-hybridized carbons (Fsp3) is 0.375. The minimum absolute atomic E-state index is 0.116. The van der Waals surface area contributed by atoms with Gasteiger partial charge in [-0.1, -0.05) is 73.5 Å². The zero-order valence-corrected chi connectivity index (χ0v) is 25.8. The van der Waals surface area contributed by atoms with Crippen LogP contribution in [0.3, 0.4) is 0 Å². The molecule has 0 unspecified atom stereocenters. The number of methoxy groups -OCH3 is 2. The Hall–Kier alpha value is -4.05. The van der Waals surface area contributed by atoms with Crippen molar-refractivity contribution < 1.29 is 27.5 Å². The van der Waals surface area contributed by atoms with Crippen LogP contribution in [-0.2, 0) is 32.6 Å². The Balaban J connectivity index is 2.08. The summed E-state index contributed by atoms with van der Waals surface area (Å²) in [4.78, 5) is 29.4. The predicted molar refractivity (Wildman–Crippen MR) is 165 cm³/mol. The second-order valence-electron chi connectivity index (χ2n) is 10.2. The van der Waals surface area contributed by atoms with Crippen LogP contribution in [0.15, 0.2) is 72.8 Å². The smallest absolute Gasteiger partial charge is 0.244 e. The van der Waals surface area contributed by atoms with Crippen LogP contribution in [0.2, 0.25) is 0 Å². The molecule has 1 atom stereocenters. The molecule has 0 aliphatic heterocycles. The fourth-order valence-electron chi connectivity index (χ4n) is 4.54. The van der Waals surface area contributed by atoms with E-state index in [2.05, 4.69) is 5.32 Å². The van der Waals surface area contributed by atoms with Gasteiger partial charge in [-0.15, -0.1) is 0 Å². The molecule has 2 amide bonds. The lowest BCUT2D eigenvalue weighted by Gasteiger charge is -2.33. The summed E-state index contributed by atoms with van der Waals surface area (Å²) in [7, 11) is -1.06. The average molecular weight is 596 g/mol. The molecular formula is C32H41N3O6S. The Morgan fingerprint density at radius 3 is 2.21 bits per heavy atom. The number of nitrogens with zero attached hydrogens (tertiary/aromatic N) is 2.